The van der Waals surface area contributed by atoms with Crippen LogP contribution >= 0.6 is 11.8 Å². The number of amidine groups is 1. The van der Waals surface area contributed by atoms with Gasteiger partial charge in [0.25, 0.3) is 0 Å². The highest BCUT2D eigenvalue weighted by molar-refractivity contribution is 8.13. The summed E-state index contributed by atoms with van der Waals surface area (Å²) in [7, 11) is 0. The summed E-state index contributed by atoms with van der Waals surface area (Å²) in [6.07, 6.45) is 3.71. The Morgan fingerprint density at radius 3 is 2.61 bits per heavy atom. The number of nitriles is 1. The second-order valence-corrected chi connectivity index (χ2v) is 5.47. The van der Waals surface area contributed by atoms with E-state index in [4.69, 9.17) is 10.4 Å². The molecule has 0 amide bonds. The van der Waals surface area contributed by atoms with Crippen LogP contribution in [0, 0.1) is 11.5 Å². The van der Waals surface area contributed by atoms with Gasteiger partial charge in [0, 0.05) is 0 Å². The zero-order chi connectivity index (χ0) is 16.7. The summed E-state index contributed by atoms with van der Waals surface area (Å²) in [5.41, 5.74) is 3.46. The van der Waals surface area contributed by atoms with Gasteiger partial charge in [-0.2, -0.15) is 5.26 Å². The topological polar surface area (TPSA) is 85.5 Å². The molecule has 2 aromatic rings. The molecule has 0 saturated heterocycles. The number of carboxylic acids is 1. The Kier molecular flexibility index (Phi) is 5.78. The second kappa shape index (κ2) is 8.01. The van der Waals surface area contributed by atoms with Crippen molar-refractivity contribution in [3.8, 4) is 17.3 Å². The summed E-state index contributed by atoms with van der Waals surface area (Å²) in [6, 6.07) is 15.0. The first-order chi connectivity index (χ1) is 11.1. The highest BCUT2D eigenvalue weighted by Gasteiger charge is 2.03. The Hall–Kier alpha value is -2.78. The maximum Gasteiger partial charge on any atom is 0.307 e. The van der Waals surface area contributed by atoms with Gasteiger partial charge in [-0.1, -0.05) is 48.2 Å². The molecule has 6 heteroatoms. The van der Waals surface area contributed by atoms with E-state index in [0.717, 1.165) is 22.4 Å². The van der Waals surface area contributed by atoms with Crippen molar-refractivity contribution in [2.24, 2.45) is 4.99 Å². The van der Waals surface area contributed by atoms with Crippen LogP contribution in [-0.2, 0) is 11.2 Å². The standard InChI is InChI=1S/C17H15N3O2S/c1-23-17(19-11-18)20-15-4-2-3-14(10-15)13-7-5-12(6-8-13)9-16(21)22/h2-8,10H,9H2,1H3,(H,19,20)(H,21,22). The zero-order valence-corrected chi connectivity index (χ0v) is 13.3. The first-order valence-electron chi connectivity index (χ1n) is 6.81. The molecule has 0 bridgehead atoms. The first-order valence-corrected chi connectivity index (χ1v) is 8.04. The Morgan fingerprint density at radius 1 is 1.26 bits per heavy atom. The summed E-state index contributed by atoms with van der Waals surface area (Å²) in [6.45, 7) is 0. The Labute approximate surface area is 138 Å². The monoisotopic (exact) mass is 325 g/mol. The lowest BCUT2D eigenvalue weighted by atomic mass is 10.0. The number of hydrogen-bond donors (Lipinski definition) is 2. The van der Waals surface area contributed by atoms with Gasteiger partial charge in [-0.25, -0.2) is 4.99 Å². The number of benzene rings is 2. The van der Waals surface area contributed by atoms with Crippen LogP contribution in [0.2, 0.25) is 0 Å². The average molecular weight is 325 g/mol. The van der Waals surface area contributed by atoms with Crippen LogP contribution in [0.5, 0.6) is 0 Å². The van der Waals surface area contributed by atoms with Crippen molar-refractivity contribution < 1.29 is 9.90 Å². The molecule has 2 N–H and O–H groups in total. The number of aliphatic imine (C=N–C) groups is 1. The van der Waals surface area contributed by atoms with Crippen LogP contribution in [0.4, 0.5) is 5.69 Å². The van der Waals surface area contributed by atoms with Gasteiger partial charge in [-0.3, -0.25) is 10.1 Å². The second-order valence-electron chi connectivity index (χ2n) is 4.68. The first kappa shape index (κ1) is 16.6. The molecule has 0 saturated carbocycles. The maximum absolute atomic E-state index is 10.7. The summed E-state index contributed by atoms with van der Waals surface area (Å²) in [5.74, 6) is -0.844. The van der Waals surface area contributed by atoms with E-state index in [1.807, 2.05) is 61.0 Å². The number of aliphatic carboxylic acids is 1. The lowest BCUT2D eigenvalue weighted by Gasteiger charge is -2.05. The summed E-state index contributed by atoms with van der Waals surface area (Å²) in [4.78, 5) is 15.1. The summed E-state index contributed by atoms with van der Waals surface area (Å²) < 4.78 is 0. The number of rotatable bonds is 4. The van der Waals surface area contributed by atoms with Gasteiger partial charge in [-0.15, -0.1) is 0 Å². The number of nitrogens with zero attached hydrogens (tertiary/aromatic N) is 2. The van der Waals surface area contributed by atoms with Gasteiger partial charge >= 0.3 is 5.97 Å². The van der Waals surface area contributed by atoms with Crippen LogP contribution in [0.3, 0.4) is 0 Å². The Morgan fingerprint density at radius 2 is 2.00 bits per heavy atom. The van der Waals surface area contributed by atoms with Gasteiger partial charge in [0.15, 0.2) is 11.4 Å². The van der Waals surface area contributed by atoms with Crippen LogP contribution in [-0.4, -0.2) is 22.5 Å². The van der Waals surface area contributed by atoms with Gasteiger partial charge in [0.05, 0.1) is 12.1 Å². The third-order valence-corrected chi connectivity index (χ3v) is 3.66. The molecule has 0 aromatic heterocycles. The molecule has 0 atom stereocenters. The van der Waals surface area contributed by atoms with E-state index in [1.165, 1.54) is 11.8 Å². The highest BCUT2D eigenvalue weighted by Crippen LogP contribution is 2.25. The minimum Gasteiger partial charge on any atom is -0.481 e. The molecule has 0 radical (unpaired) electrons. The van der Waals surface area contributed by atoms with Crippen molar-refractivity contribution >= 4 is 28.6 Å². The van der Waals surface area contributed by atoms with E-state index in [9.17, 15) is 4.79 Å². The van der Waals surface area contributed by atoms with Crippen LogP contribution in [0.1, 0.15) is 5.56 Å². The highest BCUT2D eigenvalue weighted by atomic mass is 32.2. The normalized spacial score (nSPS) is 10.9. The van der Waals surface area contributed by atoms with Crippen LogP contribution < -0.4 is 5.32 Å². The lowest BCUT2D eigenvalue weighted by Crippen LogP contribution is -2.12. The molecule has 2 rings (SSSR count). The van der Waals surface area contributed by atoms with Crippen molar-refractivity contribution in [2.45, 2.75) is 6.42 Å². The number of thioether (sulfide) groups is 1. The van der Waals surface area contributed by atoms with Crippen molar-refractivity contribution in [1.29, 1.82) is 5.26 Å². The summed E-state index contributed by atoms with van der Waals surface area (Å²) in [5, 5.41) is 20.5. The van der Waals surface area contributed by atoms with Gasteiger partial charge in [0.1, 0.15) is 0 Å². The molecule has 2 aromatic carbocycles. The Balaban J connectivity index is 2.26. The minimum atomic E-state index is -0.844. The minimum absolute atomic E-state index is 0.0154. The van der Waals surface area contributed by atoms with E-state index in [1.54, 1.807) is 0 Å². The fourth-order valence-corrected chi connectivity index (χ4v) is 2.38. The SMILES string of the molecule is CSC(=Nc1cccc(-c2ccc(CC(=O)O)cc2)c1)NC#N. The number of nitrogens with one attached hydrogen (secondary N) is 1. The molecular formula is C17H15N3O2S. The van der Waals surface area contributed by atoms with Gasteiger partial charge in [-0.05, 0) is 35.1 Å². The van der Waals surface area contributed by atoms with Gasteiger partial charge < -0.3 is 5.11 Å². The molecule has 0 aliphatic heterocycles. The molecular weight excluding hydrogens is 310 g/mol. The third kappa shape index (κ3) is 4.87. The van der Waals surface area contributed by atoms with E-state index in [-0.39, 0.29) is 6.42 Å². The van der Waals surface area contributed by atoms with Gasteiger partial charge in [0.2, 0.25) is 0 Å². The molecule has 0 fully saturated rings. The fraction of sp³-hybridized carbons (Fsp3) is 0.118. The van der Waals surface area contributed by atoms with E-state index in [2.05, 4.69) is 10.3 Å². The number of carboxylic acid groups (broad SMARTS) is 1. The number of carbonyl (C=O) groups is 1. The van der Waals surface area contributed by atoms with Crippen LogP contribution in [0.15, 0.2) is 53.5 Å². The van der Waals surface area contributed by atoms with Crippen LogP contribution in [0.25, 0.3) is 11.1 Å². The molecule has 0 heterocycles. The molecule has 0 spiro atoms. The van der Waals surface area contributed by atoms with Crippen molar-refractivity contribution in [3.05, 3.63) is 54.1 Å². The molecule has 23 heavy (non-hydrogen) atoms. The van der Waals surface area contributed by atoms with Crippen molar-refractivity contribution in [2.75, 3.05) is 6.26 Å². The lowest BCUT2D eigenvalue weighted by molar-refractivity contribution is -0.136. The molecule has 0 aliphatic carbocycles. The smallest absolute Gasteiger partial charge is 0.307 e. The van der Waals surface area contributed by atoms with E-state index >= 15 is 0 Å². The van der Waals surface area contributed by atoms with Crippen molar-refractivity contribution in [1.82, 2.24) is 5.32 Å². The quantitative estimate of drug-likeness (QED) is 0.389. The maximum atomic E-state index is 10.7. The number of hydrogen-bond acceptors (Lipinski definition) is 4. The molecule has 116 valence electrons. The molecule has 5 nitrogen and oxygen atoms in total. The fourth-order valence-electron chi connectivity index (χ4n) is 2.03. The van der Waals surface area contributed by atoms with E-state index in [0.29, 0.717) is 5.17 Å². The third-order valence-electron chi connectivity index (χ3n) is 3.08. The average Bonchev–Trinajstić information content (AvgIpc) is 2.55. The Bertz CT molecular complexity index is 764. The molecule has 0 aliphatic rings. The predicted molar refractivity (Wildman–Crippen MR) is 92.6 cm³/mol. The predicted octanol–water partition coefficient (Wildman–Crippen LogP) is 3.40. The zero-order valence-electron chi connectivity index (χ0n) is 12.5. The largest absolute Gasteiger partial charge is 0.481 e. The van der Waals surface area contributed by atoms with E-state index < -0.39 is 5.97 Å². The molecule has 0 unspecified atom stereocenters. The van der Waals surface area contributed by atoms with Crippen molar-refractivity contribution in [3.63, 3.8) is 0 Å². The summed E-state index contributed by atoms with van der Waals surface area (Å²) >= 11 is 1.36.